The number of aryl methyl sites for hydroxylation is 2. The molecule has 5 nitrogen and oxygen atoms in total. The fraction of sp³-hybridized carbons (Fsp3) is 0.444. The SMILES string of the molecule is CC[C@H](C)Sc1ccc(NC(=O)N(C)Cc2cnn(C)c2)c(C)c1. The summed E-state index contributed by atoms with van der Waals surface area (Å²) in [7, 11) is 3.65. The molecule has 1 atom stereocenters. The fourth-order valence-electron chi connectivity index (χ4n) is 2.28. The first-order valence-corrected chi connectivity index (χ1v) is 9.04. The van der Waals surface area contributed by atoms with Gasteiger partial charge in [0.25, 0.3) is 0 Å². The Bertz CT molecular complexity index is 698. The lowest BCUT2D eigenvalue weighted by Gasteiger charge is -2.18. The van der Waals surface area contributed by atoms with E-state index >= 15 is 0 Å². The molecule has 0 spiro atoms. The molecule has 0 saturated carbocycles. The number of nitrogens with one attached hydrogen (secondary N) is 1. The molecule has 1 aromatic heterocycles. The molecule has 2 rings (SSSR count). The number of hydrogen-bond acceptors (Lipinski definition) is 3. The Morgan fingerprint density at radius 1 is 1.46 bits per heavy atom. The Hall–Kier alpha value is -1.95. The highest BCUT2D eigenvalue weighted by Gasteiger charge is 2.12. The van der Waals surface area contributed by atoms with Gasteiger partial charge in [-0.1, -0.05) is 13.8 Å². The standard InChI is InChI=1S/C18H26N4OS/c1-6-14(3)24-16-7-8-17(13(2)9-16)20-18(23)21(4)11-15-10-19-22(5)12-15/h7-10,12,14H,6,11H2,1-5H3,(H,20,23)/t14-/m0/s1. The van der Waals surface area contributed by atoms with Gasteiger partial charge in [-0.25, -0.2) is 4.79 Å². The van der Waals surface area contributed by atoms with E-state index in [1.807, 2.05) is 38.0 Å². The molecule has 1 N–H and O–H groups in total. The third kappa shape index (κ3) is 5.03. The summed E-state index contributed by atoms with van der Waals surface area (Å²) in [5.74, 6) is 0. The van der Waals surface area contributed by atoms with Gasteiger partial charge < -0.3 is 10.2 Å². The van der Waals surface area contributed by atoms with Gasteiger partial charge in [0, 0.05) is 41.7 Å². The Morgan fingerprint density at radius 3 is 2.79 bits per heavy atom. The Labute approximate surface area is 148 Å². The molecule has 1 aromatic carbocycles. The second-order valence-electron chi connectivity index (χ2n) is 6.12. The monoisotopic (exact) mass is 346 g/mol. The predicted octanol–water partition coefficient (Wildman–Crippen LogP) is 4.28. The summed E-state index contributed by atoms with van der Waals surface area (Å²) in [4.78, 5) is 15.3. The summed E-state index contributed by atoms with van der Waals surface area (Å²) >= 11 is 1.86. The summed E-state index contributed by atoms with van der Waals surface area (Å²) in [6.07, 6.45) is 4.83. The first kappa shape index (κ1) is 18.4. The van der Waals surface area contributed by atoms with Crippen LogP contribution >= 0.6 is 11.8 Å². The normalized spacial score (nSPS) is 12.0. The second-order valence-corrected chi connectivity index (χ2v) is 7.63. The quantitative estimate of drug-likeness (QED) is 0.794. The van der Waals surface area contributed by atoms with Gasteiger partial charge in [0.1, 0.15) is 0 Å². The molecule has 0 aliphatic carbocycles. The molecule has 1 heterocycles. The largest absolute Gasteiger partial charge is 0.323 e. The minimum atomic E-state index is -0.121. The van der Waals surface area contributed by atoms with Crippen molar-refractivity contribution in [2.75, 3.05) is 12.4 Å². The maximum absolute atomic E-state index is 12.4. The van der Waals surface area contributed by atoms with Crippen molar-refractivity contribution in [1.29, 1.82) is 0 Å². The van der Waals surface area contributed by atoms with Gasteiger partial charge in [-0.3, -0.25) is 4.68 Å². The number of benzene rings is 1. The first-order chi connectivity index (χ1) is 11.4. The minimum absolute atomic E-state index is 0.121. The van der Waals surface area contributed by atoms with Crippen LogP contribution in [0.5, 0.6) is 0 Å². The molecule has 6 heteroatoms. The van der Waals surface area contributed by atoms with E-state index in [0.29, 0.717) is 11.8 Å². The molecular weight excluding hydrogens is 320 g/mol. The van der Waals surface area contributed by atoms with E-state index in [0.717, 1.165) is 23.2 Å². The van der Waals surface area contributed by atoms with Crippen molar-refractivity contribution in [3.8, 4) is 0 Å². The highest BCUT2D eigenvalue weighted by Crippen LogP contribution is 2.28. The smallest absolute Gasteiger partial charge is 0.321 e. The molecule has 130 valence electrons. The fourth-order valence-corrected chi connectivity index (χ4v) is 3.30. The highest BCUT2D eigenvalue weighted by atomic mass is 32.2. The molecule has 0 saturated heterocycles. The van der Waals surface area contributed by atoms with Crippen LogP contribution in [0, 0.1) is 6.92 Å². The van der Waals surface area contributed by atoms with E-state index < -0.39 is 0 Å². The van der Waals surface area contributed by atoms with Gasteiger partial charge in [0.05, 0.1) is 12.7 Å². The zero-order valence-electron chi connectivity index (χ0n) is 15.0. The number of anilines is 1. The number of carbonyl (C=O) groups is 1. The minimum Gasteiger partial charge on any atom is -0.323 e. The van der Waals surface area contributed by atoms with E-state index in [2.05, 4.69) is 36.4 Å². The number of carbonyl (C=O) groups excluding carboxylic acids is 1. The second kappa shape index (κ2) is 8.24. The lowest BCUT2D eigenvalue weighted by atomic mass is 10.2. The number of nitrogens with zero attached hydrogens (tertiary/aromatic N) is 3. The lowest BCUT2D eigenvalue weighted by molar-refractivity contribution is 0.220. The Balaban J connectivity index is 1.97. The van der Waals surface area contributed by atoms with Crippen LogP contribution in [-0.4, -0.2) is 33.0 Å². The topological polar surface area (TPSA) is 50.2 Å². The summed E-state index contributed by atoms with van der Waals surface area (Å²) in [5, 5.41) is 7.70. The molecule has 0 aliphatic heterocycles. The van der Waals surface area contributed by atoms with Crippen molar-refractivity contribution in [2.24, 2.45) is 7.05 Å². The molecule has 0 radical (unpaired) electrons. The van der Waals surface area contributed by atoms with Gasteiger partial charge in [-0.2, -0.15) is 5.10 Å². The van der Waals surface area contributed by atoms with Crippen LogP contribution in [0.15, 0.2) is 35.5 Å². The molecule has 2 amide bonds. The molecule has 2 aromatic rings. The van der Waals surface area contributed by atoms with Crippen LogP contribution in [0.3, 0.4) is 0 Å². The van der Waals surface area contributed by atoms with Crippen LogP contribution < -0.4 is 5.32 Å². The summed E-state index contributed by atoms with van der Waals surface area (Å²) in [6, 6.07) is 6.06. The number of aromatic nitrogens is 2. The number of urea groups is 1. The van der Waals surface area contributed by atoms with Crippen molar-refractivity contribution in [1.82, 2.24) is 14.7 Å². The van der Waals surface area contributed by atoms with Gasteiger partial charge in [-0.15, -0.1) is 11.8 Å². The van der Waals surface area contributed by atoms with Crippen LogP contribution in [-0.2, 0) is 13.6 Å². The van der Waals surface area contributed by atoms with Gasteiger partial charge in [0.15, 0.2) is 0 Å². The predicted molar refractivity (Wildman–Crippen MR) is 100 cm³/mol. The maximum atomic E-state index is 12.4. The van der Waals surface area contributed by atoms with Crippen molar-refractivity contribution in [3.05, 3.63) is 41.7 Å². The molecule has 24 heavy (non-hydrogen) atoms. The number of thioether (sulfide) groups is 1. The van der Waals surface area contributed by atoms with Gasteiger partial charge in [0.2, 0.25) is 0 Å². The molecule has 0 aliphatic rings. The maximum Gasteiger partial charge on any atom is 0.321 e. The molecule has 0 bridgehead atoms. The van der Waals surface area contributed by atoms with Gasteiger partial charge in [-0.05, 0) is 37.1 Å². The lowest BCUT2D eigenvalue weighted by Crippen LogP contribution is -2.31. The van der Waals surface area contributed by atoms with Crippen LogP contribution in [0.1, 0.15) is 31.4 Å². The van der Waals surface area contributed by atoms with Crippen molar-refractivity contribution >= 4 is 23.5 Å². The molecule has 0 unspecified atom stereocenters. The van der Waals surface area contributed by atoms with Crippen molar-refractivity contribution in [2.45, 2.75) is 43.9 Å². The van der Waals surface area contributed by atoms with E-state index in [1.54, 1.807) is 22.8 Å². The van der Waals surface area contributed by atoms with Crippen molar-refractivity contribution in [3.63, 3.8) is 0 Å². The zero-order valence-corrected chi connectivity index (χ0v) is 15.9. The number of rotatable bonds is 6. The van der Waals surface area contributed by atoms with E-state index in [1.165, 1.54) is 4.90 Å². The third-order valence-corrected chi connectivity index (χ3v) is 5.14. The Morgan fingerprint density at radius 2 is 2.21 bits per heavy atom. The van der Waals surface area contributed by atoms with E-state index in [4.69, 9.17) is 0 Å². The summed E-state index contributed by atoms with van der Waals surface area (Å²) < 4.78 is 1.74. The van der Waals surface area contributed by atoms with Crippen LogP contribution in [0.4, 0.5) is 10.5 Å². The average molecular weight is 347 g/mol. The summed E-state index contributed by atoms with van der Waals surface area (Å²) in [5.41, 5.74) is 2.94. The molecular formula is C18H26N4OS. The third-order valence-electron chi connectivity index (χ3n) is 3.88. The average Bonchev–Trinajstić information content (AvgIpc) is 2.94. The van der Waals surface area contributed by atoms with Crippen LogP contribution in [0.2, 0.25) is 0 Å². The van der Waals surface area contributed by atoms with E-state index in [9.17, 15) is 4.79 Å². The Kier molecular flexibility index (Phi) is 6.31. The number of hydrogen-bond donors (Lipinski definition) is 1. The first-order valence-electron chi connectivity index (χ1n) is 8.16. The zero-order chi connectivity index (χ0) is 17.7. The van der Waals surface area contributed by atoms with Gasteiger partial charge >= 0.3 is 6.03 Å². The highest BCUT2D eigenvalue weighted by molar-refractivity contribution is 7.99. The van der Waals surface area contributed by atoms with Crippen LogP contribution in [0.25, 0.3) is 0 Å². The van der Waals surface area contributed by atoms with E-state index in [-0.39, 0.29) is 6.03 Å². The number of amides is 2. The summed E-state index contributed by atoms with van der Waals surface area (Å²) in [6.45, 7) is 6.97. The molecule has 0 fully saturated rings. The van der Waals surface area contributed by atoms with Crippen molar-refractivity contribution < 1.29 is 4.79 Å².